The van der Waals surface area contributed by atoms with Crippen molar-refractivity contribution in [3.8, 4) is 0 Å². The Hall–Kier alpha value is -0.570. The molecule has 0 saturated heterocycles. The number of carboxylic acid groups (broad SMARTS) is 1. The molecule has 9 heavy (non-hydrogen) atoms. The van der Waals surface area contributed by atoms with Crippen LogP contribution < -0.4 is 5.73 Å². The lowest BCUT2D eigenvalue weighted by Crippen LogP contribution is -2.36. The lowest BCUT2D eigenvalue weighted by molar-refractivity contribution is -0.139. The zero-order valence-corrected chi connectivity index (χ0v) is 5.09. The SMILES string of the molecule is [2H][C@@H](C)[13C@@]([2H])([13C@H]([15NH2])[13C](=O)O)[12C]([2H])([2H])[2H]. The van der Waals surface area contributed by atoms with E-state index in [9.17, 15) is 4.79 Å². The lowest BCUT2D eigenvalue weighted by Gasteiger charge is -2.11. The van der Waals surface area contributed by atoms with E-state index >= 15 is 0 Å². The summed E-state index contributed by atoms with van der Waals surface area (Å²) in [6.07, 6.45) is -1.42. The fraction of sp³-hybridized carbons (Fsp3) is 0.833. The molecule has 0 bridgehead atoms. The van der Waals surface area contributed by atoms with Crippen LogP contribution in [0.25, 0.3) is 0 Å². The highest BCUT2D eigenvalue weighted by Crippen LogP contribution is 2.04. The van der Waals surface area contributed by atoms with Gasteiger partial charge in [0.2, 0.25) is 0 Å². The second-order valence-corrected chi connectivity index (χ2v) is 1.56. The van der Waals surface area contributed by atoms with Crippen molar-refractivity contribution in [3.63, 3.8) is 0 Å². The van der Waals surface area contributed by atoms with Gasteiger partial charge in [-0.1, -0.05) is 20.2 Å². The van der Waals surface area contributed by atoms with Gasteiger partial charge < -0.3 is 10.8 Å². The van der Waals surface area contributed by atoms with Crippen molar-refractivity contribution in [1.82, 2.24) is 0 Å². The molecule has 3 atom stereocenters. The Morgan fingerprint density at radius 1 is 2.22 bits per heavy atom. The molecule has 3 nitrogen and oxygen atoms in total. The summed E-state index contributed by atoms with van der Waals surface area (Å²) in [5.41, 5.74) is 5.12. The molecule has 3 N–H and O–H groups in total. The molecule has 54 valence electrons. The smallest absolute Gasteiger partial charge is 0.320 e. The molecule has 0 unspecified atom stereocenters. The Kier molecular flexibility index (Phi) is 1.16. The van der Waals surface area contributed by atoms with E-state index in [0.717, 1.165) is 6.92 Å². The third kappa shape index (κ3) is 2.46. The van der Waals surface area contributed by atoms with Gasteiger partial charge >= 0.3 is 5.97 Å². The molecule has 0 spiro atoms. The van der Waals surface area contributed by atoms with Gasteiger partial charge in [0, 0.05) is 6.85 Å². The first-order valence-corrected chi connectivity index (χ1v) is 2.45. The Bertz CT molecular complexity index is 229. The minimum atomic E-state index is -2.90. The second-order valence-electron chi connectivity index (χ2n) is 1.56. The van der Waals surface area contributed by atoms with Crippen molar-refractivity contribution in [2.24, 2.45) is 11.6 Å². The zero-order chi connectivity index (χ0) is 11.7. The number of carboxylic acids is 1. The first-order valence-electron chi connectivity index (χ1n) is 5.03. The van der Waals surface area contributed by atoms with Crippen molar-refractivity contribution in [1.29, 1.82) is 0 Å². The average Bonchev–Trinajstić information content (AvgIpc) is 1.98. The van der Waals surface area contributed by atoms with E-state index in [1.54, 1.807) is 0 Å². The molecule has 0 aromatic heterocycles. The molecule has 0 aliphatic heterocycles. The Morgan fingerprint density at radius 3 is 2.89 bits per heavy atom. The minimum Gasteiger partial charge on any atom is -0.480 e. The van der Waals surface area contributed by atoms with Gasteiger partial charge in [-0.15, -0.1) is 0 Å². The van der Waals surface area contributed by atoms with Crippen LogP contribution in [0.1, 0.15) is 27.0 Å². The van der Waals surface area contributed by atoms with Gasteiger partial charge in [0.1, 0.15) is 6.04 Å². The maximum Gasteiger partial charge on any atom is 0.320 e. The summed E-state index contributed by atoms with van der Waals surface area (Å²) in [6.45, 7) is -1.76. The third-order valence-electron chi connectivity index (χ3n) is 0.912. The van der Waals surface area contributed by atoms with Crippen molar-refractivity contribution >= 4 is 5.97 Å². The van der Waals surface area contributed by atoms with Crippen molar-refractivity contribution < 1.29 is 16.8 Å². The Balaban J connectivity index is 5.22. The third-order valence-corrected chi connectivity index (χ3v) is 0.912. The van der Waals surface area contributed by atoms with E-state index in [-0.39, 0.29) is 0 Å². The first kappa shape index (κ1) is 3.01. The van der Waals surface area contributed by atoms with Gasteiger partial charge in [-0.2, -0.15) is 0 Å². The van der Waals surface area contributed by atoms with Gasteiger partial charge in [0.15, 0.2) is 0 Å². The van der Waals surface area contributed by atoms with Crippen LogP contribution in [0.4, 0.5) is 0 Å². The standard InChI is InChI=1S/C6H13NO2/c1-3-4(2)5(7)6(8)9/h4-5H,3,7H2,1-2H3,(H,8,9)/t4-,5-/m0/s1/i2+0D3,3D,4+1D,5+1,6+1,7+1/t3-,4-,5-. The van der Waals surface area contributed by atoms with Gasteiger partial charge in [-0.3, -0.25) is 4.79 Å². The lowest BCUT2D eigenvalue weighted by atomic mass is 10.5. The van der Waals surface area contributed by atoms with Crippen LogP contribution in [-0.4, -0.2) is 17.1 Å². The zero-order valence-electron chi connectivity index (χ0n) is 10.1. The topological polar surface area (TPSA) is 63.3 Å². The average molecular weight is 140 g/mol. The predicted molar refractivity (Wildman–Crippen MR) is 35.1 cm³/mol. The molecule has 0 heterocycles. The molecule has 0 amide bonds. The minimum absolute atomic E-state index is 1.14. The van der Waals surface area contributed by atoms with E-state index in [0.29, 0.717) is 0 Å². The molecule has 0 rings (SSSR count). The molecule has 0 radical (unpaired) electrons. The molecule has 0 aromatic rings. The number of aliphatic carboxylic acids is 1. The normalized spacial score (nSPS) is 33.3. The van der Waals surface area contributed by atoms with Crippen LogP contribution in [0.3, 0.4) is 0 Å². The van der Waals surface area contributed by atoms with E-state index in [2.05, 4.69) is 0 Å². The maximum absolute atomic E-state index is 10.5. The summed E-state index contributed by atoms with van der Waals surface area (Å²) in [5, 5.41) is 8.55. The number of rotatable bonds is 3. The maximum atomic E-state index is 10.5. The quantitative estimate of drug-likeness (QED) is 0.441. The first-order chi connectivity index (χ1) is 6.05. The van der Waals surface area contributed by atoms with E-state index in [4.69, 9.17) is 17.7 Å². The Morgan fingerprint density at radius 2 is 2.78 bits per heavy atom. The van der Waals surface area contributed by atoms with E-state index < -0.39 is 31.2 Å². The summed E-state index contributed by atoms with van der Waals surface area (Å²) in [5.74, 6) is -4.08. The summed E-state index contributed by atoms with van der Waals surface area (Å²) in [7, 11) is 0. The van der Waals surface area contributed by atoms with Crippen LogP contribution >= 0.6 is 0 Å². The molecule has 0 aromatic carbocycles. The number of hydrogen-bond donors (Lipinski definition) is 2. The summed E-state index contributed by atoms with van der Waals surface area (Å²) in [4.78, 5) is 10.5. The summed E-state index contributed by atoms with van der Waals surface area (Å²) >= 11 is 0. The van der Waals surface area contributed by atoms with Crippen molar-refractivity contribution in [2.75, 3.05) is 0 Å². The van der Waals surface area contributed by atoms with Gasteiger partial charge in [0.25, 0.3) is 0 Å². The molecular weight excluding hydrogens is 122 g/mol. The van der Waals surface area contributed by atoms with Crippen LogP contribution in [0.15, 0.2) is 0 Å². The van der Waals surface area contributed by atoms with Crippen LogP contribution in [0.2, 0.25) is 0 Å². The summed E-state index contributed by atoms with van der Waals surface area (Å²) < 4.78 is 35.8. The van der Waals surface area contributed by atoms with Gasteiger partial charge in [-0.25, -0.2) is 0 Å². The van der Waals surface area contributed by atoms with Gasteiger partial charge in [0.05, 0.1) is 0 Å². The fourth-order valence-corrected chi connectivity index (χ4v) is 0.313. The second kappa shape index (κ2) is 3.45. The highest BCUT2D eigenvalue weighted by molar-refractivity contribution is 5.73. The van der Waals surface area contributed by atoms with Crippen LogP contribution in [-0.2, 0) is 4.79 Å². The predicted octanol–water partition coefficient (Wildman–Crippen LogP) is 0.444. The number of nitrogens with two attached hydrogens (primary N) is 1. The Labute approximate surface area is 61.9 Å². The van der Waals surface area contributed by atoms with Crippen LogP contribution in [0, 0.1) is 5.89 Å². The van der Waals surface area contributed by atoms with Crippen LogP contribution in [0.5, 0.6) is 0 Å². The van der Waals surface area contributed by atoms with E-state index in [1.807, 2.05) is 0 Å². The molecule has 0 aliphatic rings. The molecule has 3 heteroatoms. The van der Waals surface area contributed by atoms with E-state index in [1.165, 1.54) is 0 Å². The molecule has 0 aliphatic carbocycles. The highest BCUT2D eigenvalue weighted by Gasteiger charge is 2.17. The molecular formula is C6H13NO2. The van der Waals surface area contributed by atoms with Crippen molar-refractivity contribution in [3.05, 3.63) is 0 Å². The molecule has 0 fully saturated rings. The van der Waals surface area contributed by atoms with Crippen molar-refractivity contribution in [2.45, 2.75) is 26.2 Å². The highest BCUT2D eigenvalue weighted by atomic mass is 16.5. The monoisotopic (exact) mass is 140 g/mol. The fourth-order valence-electron chi connectivity index (χ4n) is 0.313. The van der Waals surface area contributed by atoms with Gasteiger partial charge in [-0.05, 0) is 5.89 Å². The molecule has 0 saturated carbocycles. The largest absolute Gasteiger partial charge is 0.480 e. The number of carbonyl (C=O) groups is 1. The summed E-state index contributed by atoms with van der Waals surface area (Å²) in [6, 6.07) is -1.90. The number of hydrogen-bond acceptors (Lipinski definition) is 2.